The molecule has 108 valence electrons. The number of fused-ring (bicyclic) bond motifs is 1. The Morgan fingerprint density at radius 2 is 1.86 bits per heavy atom. The normalized spacial score (nSPS) is 14.1. The number of rotatable bonds is 4. The van der Waals surface area contributed by atoms with Crippen LogP contribution in [-0.2, 0) is 19.4 Å². The van der Waals surface area contributed by atoms with Crippen LogP contribution in [0.1, 0.15) is 16.7 Å². The topological polar surface area (TPSA) is 55.2 Å². The fourth-order valence-corrected chi connectivity index (χ4v) is 3.26. The molecule has 0 spiro atoms. The minimum absolute atomic E-state index is 0.110. The van der Waals surface area contributed by atoms with Crippen LogP contribution in [-0.4, -0.2) is 11.0 Å². The maximum Gasteiger partial charge on any atom is 0.270 e. The van der Waals surface area contributed by atoms with E-state index in [1.54, 1.807) is 18.2 Å². The molecule has 0 atom stereocenters. The molecule has 0 unspecified atom stereocenters. The molecule has 21 heavy (non-hydrogen) atoms. The summed E-state index contributed by atoms with van der Waals surface area (Å²) in [6.07, 6.45) is 2.08. The zero-order valence-corrected chi connectivity index (χ0v) is 13.0. The van der Waals surface area contributed by atoms with E-state index < -0.39 is 0 Å². The molecule has 1 aliphatic rings. The first-order chi connectivity index (χ1) is 10.1. The van der Waals surface area contributed by atoms with Crippen molar-refractivity contribution in [3.63, 3.8) is 0 Å². The van der Waals surface area contributed by atoms with Crippen LogP contribution in [0.4, 0.5) is 5.69 Å². The number of non-ortho nitro benzene ring substituents is 1. The van der Waals surface area contributed by atoms with Gasteiger partial charge in [-0.3, -0.25) is 10.1 Å². The van der Waals surface area contributed by atoms with Crippen LogP contribution in [0.3, 0.4) is 0 Å². The number of nitrogens with zero attached hydrogens (tertiary/aromatic N) is 1. The van der Waals surface area contributed by atoms with Gasteiger partial charge in [0.05, 0.1) is 4.92 Å². The van der Waals surface area contributed by atoms with Gasteiger partial charge in [-0.05, 0) is 35.6 Å². The number of halogens is 1. The fraction of sp³-hybridized carbons (Fsp3) is 0.250. The van der Waals surface area contributed by atoms with Crippen molar-refractivity contribution in [1.82, 2.24) is 5.32 Å². The van der Waals surface area contributed by atoms with Crippen LogP contribution < -0.4 is 5.32 Å². The molecule has 0 amide bonds. The van der Waals surface area contributed by atoms with Gasteiger partial charge in [0.25, 0.3) is 5.69 Å². The molecular formula is C16H15BrN2O2. The largest absolute Gasteiger partial charge is 0.309 e. The van der Waals surface area contributed by atoms with E-state index in [-0.39, 0.29) is 10.6 Å². The van der Waals surface area contributed by atoms with E-state index in [9.17, 15) is 10.1 Å². The zero-order chi connectivity index (χ0) is 14.8. The van der Waals surface area contributed by atoms with Crippen LogP contribution in [0.5, 0.6) is 0 Å². The van der Waals surface area contributed by atoms with Crippen molar-refractivity contribution in [3.05, 3.63) is 73.7 Å². The highest BCUT2D eigenvalue weighted by Crippen LogP contribution is 2.25. The van der Waals surface area contributed by atoms with Crippen molar-refractivity contribution in [3.8, 4) is 0 Å². The molecule has 0 radical (unpaired) electrons. The predicted octanol–water partition coefficient (Wildman–Crippen LogP) is 3.61. The van der Waals surface area contributed by atoms with Crippen LogP contribution >= 0.6 is 15.9 Å². The van der Waals surface area contributed by atoms with Gasteiger partial charge < -0.3 is 5.32 Å². The molecule has 5 heteroatoms. The van der Waals surface area contributed by atoms with Gasteiger partial charge in [0.15, 0.2) is 0 Å². The lowest BCUT2D eigenvalue weighted by atomic mass is 10.1. The Labute approximate surface area is 131 Å². The number of nitro benzene ring substituents is 1. The summed E-state index contributed by atoms with van der Waals surface area (Å²) in [6, 6.07) is 13.9. The lowest BCUT2D eigenvalue weighted by Crippen LogP contribution is -2.29. The second-order valence-corrected chi connectivity index (χ2v) is 6.14. The van der Waals surface area contributed by atoms with Crippen LogP contribution in [0, 0.1) is 10.1 Å². The number of benzene rings is 2. The molecule has 4 nitrogen and oxygen atoms in total. The van der Waals surface area contributed by atoms with Crippen molar-refractivity contribution in [2.45, 2.75) is 25.4 Å². The molecule has 1 N–H and O–H groups in total. The third-order valence-electron chi connectivity index (χ3n) is 3.88. The Morgan fingerprint density at radius 1 is 1.19 bits per heavy atom. The van der Waals surface area contributed by atoms with Gasteiger partial charge in [-0.15, -0.1) is 0 Å². The minimum atomic E-state index is -0.379. The summed E-state index contributed by atoms with van der Waals surface area (Å²) in [5, 5.41) is 14.3. The highest BCUT2D eigenvalue weighted by molar-refractivity contribution is 9.10. The molecule has 0 saturated heterocycles. The highest BCUT2D eigenvalue weighted by atomic mass is 79.9. The minimum Gasteiger partial charge on any atom is -0.309 e. The summed E-state index contributed by atoms with van der Waals surface area (Å²) in [6.45, 7) is 0.706. The first-order valence-corrected chi connectivity index (χ1v) is 7.66. The predicted molar refractivity (Wildman–Crippen MR) is 85.3 cm³/mol. The monoisotopic (exact) mass is 346 g/mol. The maximum absolute atomic E-state index is 10.7. The van der Waals surface area contributed by atoms with E-state index in [4.69, 9.17) is 0 Å². The molecule has 0 aliphatic heterocycles. The first-order valence-electron chi connectivity index (χ1n) is 6.86. The van der Waals surface area contributed by atoms with E-state index in [0.29, 0.717) is 12.6 Å². The molecule has 0 aromatic heterocycles. The highest BCUT2D eigenvalue weighted by Gasteiger charge is 2.20. The van der Waals surface area contributed by atoms with E-state index >= 15 is 0 Å². The summed E-state index contributed by atoms with van der Waals surface area (Å²) in [5.41, 5.74) is 3.98. The lowest BCUT2D eigenvalue weighted by molar-refractivity contribution is -0.384. The molecule has 0 saturated carbocycles. The van der Waals surface area contributed by atoms with Crippen molar-refractivity contribution in [2.75, 3.05) is 0 Å². The van der Waals surface area contributed by atoms with E-state index in [0.717, 1.165) is 22.9 Å². The second-order valence-electron chi connectivity index (χ2n) is 5.29. The first kappa shape index (κ1) is 14.2. The molecule has 2 aromatic rings. The quantitative estimate of drug-likeness (QED) is 0.679. The number of hydrogen-bond acceptors (Lipinski definition) is 3. The van der Waals surface area contributed by atoms with Gasteiger partial charge in [-0.1, -0.05) is 40.2 Å². The Kier molecular flexibility index (Phi) is 4.03. The molecule has 2 aromatic carbocycles. The molecule has 0 fully saturated rings. The van der Waals surface area contributed by atoms with Crippen molar-refractivity contribution in [1.29, 1.82) is 0 Å². The molecule has 0 bridgehead atoms. The van der Waals surface area contributed by atoms with Crippen LogP contribution in [0.25, 0.3) is 0 Å². The van der Waals surface area contributed by atoms with Crippen LogP contribution in [0.2, 0.25) is 0 Å². The third kappa shape index (κ3) is 3.14. The smallest absolute Gasteiger partial charge is 0.270 e. The number of hydrogen-bond donors (Lipinski definition) is 1. The average molecular weight is 347 g/mol. The van der Waals surface area contributed by atoms with Gasteiger partial charge in [0, 0.05) is 29.2 Å². The van der Waals surface area contributed by atoms with E-state index in [2.05, 4.69) is 45.5 Å². The maximum atomic E-state index is 10.7. The summed E-state index contributed by atoms with van der Waals surface area (Å²) >= 11 is 3.41. The average Bonchev–Trinajstić information content (AvgIpc) is 2.88. The third-order valence-corrected chi connectivity index (χ3v) is 4.62. The van der Waals surface area contributed by atoms with E-state index in [1.165, 1.54) is 11.1 Å². The van der Waals surface area contributed by atoms with Crippen LogP contribution in [0.15, 0.2) is 46.9 Å². The van der Waals surface area contributed by atoms with Gasteiger partial charge in [-0.2, -0.15) is 0 Å². The van der Waals surface area contributed by atoms with E-state index in [1.807, 2.05) is 0 Å². The fourth-order valence-electron chi connectivity index (χ4n) is 2.75. The molecule has 1 aliphatic carbocycles. The van der Waals surface area contributed by atoms with Gasteiger partial charge in [0.2, 0.25) is 0 Å². The Bertz CT molecular complexity index is 663. The zero-order valence-electron chi connectivity index (χ0n) is 11.4. The summed E-state index contributed by atoms with van der Waals surface area (Å²) in [4.78, 5) is 10.3. The second kappa shape index (κ2) is 5.95. The molecule has 3 rings (SSSR count). The summed E-state index contributed by atoms with van der Waals surface area (Å²) in [5.74, 6) is 0. The van der Waals surface area contributed by atoms with Crippen molar-refractivity contribution in [2.24, 2.45) is 0 Å². The number of nitro groups is 1. The summed E-state index contributed by atoms with van der Waals surface area (Å²) in [7, 11) is 0. The Morgan fingerprint density at radius 3 is 2.43 bits per heavy atom. The standard InChI is InChI=1S/C16H15BrN2O2/c17-16-9-15(19(20)21)6-5-13(16)10-18-14-7-11-3-1-2-4-12(11)8-14/h1-6,9,14,18H,7-8,10H2. The molecule has 0 heterocycles. The Hall–Kier alpha value is -1.72. The van der Waals surface area contributed by atoms with Crippen molar-refractivity contribution < 1.29 is 4.92 Å². The van der Waals surface area contributed by atoms with Gasteiger partial charge >= 0.3 is 0 Å². The van der Waals surface area contributed by atoms with Gasteiger partial charge in [0.1, 0.15) is 0 Å². The summed E-state index contributed by atoms with van der Waals surface area (Å²) < 4.78 is 0.778. The SMILES string of the molecule is O=[N+]([O-])c1ccc(CNC2Cc3ccccc3C2)c(Br)c1. The molecular weight excluding hydrogens is 332 g/mol. The van der Waals surface area contributed by atoms with Gasteiger partial charge in [-0.25, -0.2) is 0 Å². The van der Waals surface area contributed by atoms with Crippen molar-refractivity contribution >= 4 is 21.6 Å². The Balaban J connectivity index is 1.63. The lowest BCUT2D eigenvalue weighted by Gasteiger charge is -2.12. The number of nitrogens with one attached hydrogen (secondary N) is 1.